The second kappa shape index (κ2) is 32.8. The minimum absolute atomic E-state index is 0.872. The number of fused-ring (bicyclic) bond motifs is 30. The molecule has 0 aliphatic rings. The smallest absolute Gasteiger partial charge is 0.143 e. The van der Waals surface area contributed by atoms with Gasteiger partial charge in [-0.3, -0.25) is 19.9 Å². The molecule has 0 atom stereocenters. The SMILES string of the molecule is c1cc(-c2ccc3c4ccccc4c4ccccc4c3c2)cc(-c2cc(-c3cccc4ccc5cccnc5c34)cc3c2oc2ccccc23)c1.c1ccc(-c2ccc(-c3cccc4oc5ccc(-c6ccc7oc8ccc(-c9cccc%10ccc%11cccnc%11c9%10)cc8c7c6)cc5c34)cc2)cc1.c1ccc2c(c1)oc1cccc(-c3cnc4c(ccc5cc(-c6cccc7oc8ccccc8c67)cnc54)c3)c12. The first-order chi connectivity index (χ1) is 70.8. The van der Waals surface area contributed by atoms with E-state index in [-0.39, 0.29) is 0 Å². The summed E-state index contributed by atoms with van der Waals surface area (Å²) in [5, 5.41) is 27.8. The zero-order valence-corrected chi connectivity index (χ0v) is 76.9. The standard InChI is InChI=1S/C49H29NO2.C49H29NO.C36H20N2O2/c1-2-7-30(8-3-1)31-14-16-32(17-15-31)38-12-5-13-46-48(38)42-28-36(21-24-45(42)52-46)35-20-23-43-40(27-35)41-29-37(22-25-44(41)51-43)39-11-4-9-33-18-19-34-10-6-26-50-49(34)47(33)39;1-2-16-39-37(14-1)38-15-3-4-17-40(38)44-27-33(23-24-41(39)44)32-11-7-12-34(26-32)43-28-35(29-45-42-18-5-6-20-46(42)51-49(43)45)36-19-8-10-30-21-22-31-13-9-25-50-48(31)47(30)36;1-3-11-29-27(7-1)33-25(9-5-13-31(33)39-29)23-17-21-15-16-22-18-24(20-38-36(22)35(21)37-19-23)26-10-6-14-32-34(26)28-8-2-4-12-30(28)40-32/h1-29H;1-29H;1-20H. The van der Waals surface area contributed by atoms with E-state index in [1.807, 2.05) is 104 Å². The lowest BCUT2D eigenvalue weighted by atomic mass is 9.90. The van der Waals surface area contributed by atoms with Gasteiger partial charge in [-0.05, 0) is 248 Å². The summed E-state index contributed by atoms with van der Waals surface area (Å²) >= 11 is 0. The average Bonchev–Trinajstić information content (AvgIpc) is 1.70. The third kappa shape index (κ3) is 13.5. The van der Waals surface area contributed by atoms with Crippen molar-refractivity contribution in [1.82, 2.24) is 19.9 Å². The van der Waals surface area contributed by atoms with Crippen LogP contribution in [0.2, 0.25) is 0 Å². The van der Waals surface area contributed by atoms with E-state index in [1.54, 1.807) is 0 Å². The molecular weight excluding hydrogens is 1750 g/mol. The van der Waals surface area contributed by atoms with E-state index in [0.717, 1.165) is 231 Å². The van der Waals surface area contributed by atoms with Crippen LogP contribution in [-0.2, 0) is 0 Å². The Morgan fingerprint density at radius 1 is 0.133 bits per heavy atom. The fourth-order valence-corrected chi connectivity index (χ4v) is 22.4. The van der Waals surface area contributed by atoms with Crippen LogP contribution in [0.15, 0.2) is 496 Å². The summed E-state index contributed by atoms with van der Waals surface area (Å²) in [6.45, 7) is 0. The molecule has 0 N–H and O–H groups in total. The van der Waals surface area contributed by atoms with Crippen LogP contribution < -0.4 is 0 Å². The van der Waals surface area contributed by atoms with E-state index in [2.05, 4.69) is 370 Å². The molecule has 9 heteroatoms. The van der Waals surface area contributed by atoms with Gasteiger partial charge >= 0.3 is 0 Å². The molecule has 9 heterocycles. The van der Waals surface area contributed by atoms with Crippen molar-refractivity contribution >= 4 is 207 Å². The van der Waals surface area contributed by atoms with Gasteiger partial charge in [-0.25, -0.2) is 0 Å². The summed E-state index contributed by atoms with van der Waals surface area (Å²) in [4.78, 5) is 19.5. The van der Waals surface area contributed by atoms with E-state index in [4.69, 9.17) is 42.0 Å². The number of pyridine rings is 4. The number of aromatic nitrogens is 4. The fraction of sp³-hybridized carbons (Fsp3) is 0. The van der Waals surface area contributed by atoms with Crippen LogP contribution in [0.5, 0.6) is 0 Å². The van der Waals surface area contributed by atoms with Gasteiger partial charge in [-0.2, -0.15) is 0 Å². The monoisotopic (exact) mass is 1820 g/mol. The minimum Gasteiger partial charge on any atom is -0.456 e. The van der Waals surface area contributed by atoms with Gasteiger partial charge in [0.1, 0.15) is 55.8 Å². The Balaban J connectivity index is 0.000000103. The Hall–Kier alpha value is -19.2. The number of rotatable bonds is 9. The Bertz CT molecular complexity index is 10500. The second-order valence-corrected chi connectivity index (χ2v) is 37.2. The predicted molar refractivity (Wildman–Crippen MR) is 593 cm³/mol. The number of para-hydroxylation sites is 3. The Morgan fingerprint density at radius 2 is 0.469 bits per heavy atom. The maximum absolute atomic E-state index is 6.67. The topological polar surface area (TPSA) is 117 Å². The molecule has 664 valence electrons. The summed E-state index contributed by atoms with van der Waals surface area (Å²) in [5.41, 5.74) is 33.1. The molecule has 9 aromatic heterocycles. The van der Waals surface area contributed by atoms with Crippen molar-refractivity contribution in [3.05, 3.63) is 474 Å². The zero-order chi connectivity index (χ0) is 93.8. The largest absolute Gasteiger partial charge is 0.456 e. The van der Waals surface area contributed by atoms with Crippen LogP contribution in [0.25, 0.3) is 307 Å². The molecule has 143 heavy (non-hydrogen) atoms. The van der Waals surface area contributed by atoms with Gasteiger partial charge in [0, 0.05) is 128 Å². The van der Waals surface area contributed by atoms with E-state index >= 15 is 0 Å². The third-order valence-electron chi connectivity index (χ3n) is 29.1. The van der Waals surface area contributed by atoms with E-state index < -0.39 is 0 Å². The number of furan rings is 5. The summed E-state index contributed by atoms with van der Waals surface area (Å²) in [6.07, 6.45) is 7.67. The van der Waals surface area contributed by atoms with Gasteiger partial charge in [-0.1, -0.05) is 328 Å². The average molecular weight is 1820 g/mol. The molecule has 22 aromatic carbocycles. The summed E-state index contributed by atoms with van der Waals surface area (Å²) in [6, 6.07) is 159. The van der Waals surface area contributed by atoms with Gasteiger partial charge in [0.25, 0.3) is 0 Å². The highest BCUT2D eigenvalue weighted by molar-refractivity contribution is 6.27. The van der Waals surface area contributed by atoms with Crippen molar-refractivity contribution in [2.24, 2.45) is 0 Å². The Labute approximate surface area is 817 Å². The quantitative estimate of drug-likeness (QED) is 0.130. The zero-order valence-electron chi connectivity index (χ0n) is 76.9. The van der Waals surface area contributed by atoms with Crippen LogP contribution in [0.1, 0.15) is 0 Å². The first kappa shape index (κ1) is 81.0. The molecule has 0 bridgehead atoms. The second-order valence-electron chi connectivity index (χ2n) is 37.2. The molecule has 0 aliphatic carbocycles. The molecular formula is C134H78N4O5. The number of hydrogen-bond donors (Lipinski definition) is 0. The van der Waals surface area contributed by atoms with Gasteiger partial charge < -0.3 is 22.1 Å². The molecule has 0 radical (unpaired) electrons. The lowest BCUT2D eigenvalue weighted by Crippen LogP contribution is -1.89. The highest BCUT2D eigenvalue weighted by atomic mass is 16.3. The van der Waals surface area contributed by atoms with Crippen molar-refractivity contribution in [3.8, 4) is 100 Å². The number of benzene rings is 22. The summed E-state index contributed by atoms with van der Waals surface area (Å²) in [5.74, 6) is 0. The molecule has 0 spiro atoms. The predicted octanol–water partition coefficient (Wildman–Crippen LogP) is 37.5. The maximum atomic E-state index is 6.67. The molecule has 0 aliphatic heterocycles. The number of nitrogens with zero attached hydrogens (tertiary/aromatic N) is 4. The molecule has 31 aromatic rings. The van der Waals surface area contributed by atoms with E-state index in [0.29, 0.717) is 0 Å². The fourth-order valence-electron chi connectivity index (χ4n) is 22.4. The van der Waals surface area contributed by atoms with Gasteiger partial charge in [-0.15, -0.1) is 0 Å². The molecule has 0 saturated heterocycles. The van der Waals surface area contributed by atoms with E-state index in [9.17, 15) is 0 Å². The number of hydrogen-bond acceptors (Lipinski definition) is 9. The lowest BCUT2D eigenvalue weighted by Gasteiger charge is -2.14. The maximum Gasteiger partial charge on any atom is 0.143 e. The van der Waals surface area contributed by atoms with E-state index in [1.165, 1.54) is 76.1 Å². The minimum atomic E-state index is 0.872. The first-order valence-electron chi connectivity index (χ1n) is 48.4. The van der Waals surface area contributed by atoms with Crippen molar-refractivity contribution < 1.29 is 22.1 Å². The molecule has 31 rings (SSSR count). The van der Waals surface area contributed by atoms with Crippen molar-refractivity contribution in [2.75, 3.05) is 0 Å². The first-order valence-corrected chi connectivity index (χ1v) is 48.4. The normalized spacial score (nSPS) is 11.9. The molecule has 9 nitrogen and oxygen atoms in total. The van der Waals surface area contributed by atoms with Gasteiger partial charge in [0.05, 0.1) is 22.1 Å². The Morgan fingerprint density at radius 3 is 1.03 bits per heavy atom. The molecule has 0 unspecified atom stereocenters. The lowest BCUT2D eigenvalue weighted by molar-refractivity contribution is 0.668. The van der Waals surface area contributed by atoms with Crippen LogP contribution in [0.4, 0.5) is 0 Å². The molecule has 0 amide bonds. The van der Waals surface area contributed by atoms with Crippen LogP contribution in [0, 0.1) is 0 Å². The van der Waals surface area contributed by atoms with Crippen LogP contribution in [-0.4, -0.2) is 19.9 Å². The highest BCUT2D eigenvalue weighted by Crippen LogP contribution is 2.49. The third-order valence-corrected chi connectivity index (χ3v) is 29.1. The van der Waals surface area contributed by atoms with Crippen molar-refractivity contribution in [3.63, 3.8) is 0 Å². The van der Waals surface area contributed by atoms with Gasteiger partial charge in [0.15, 0.2) is 0 Å². The van der Waals surface area contributed by atoms with Crippen molar-refractivity contribution in [1.29, 1.82) is 0 Å². The van der Waals surface area contributed by atoms with Crippen LogP contribution in [0.3, 0.4) is 0 Å². The highest BCUT2D eigenvalue weighted by Gasteiger charge is 2.24. The van der Waals surface area contributed by atoms with Crippen LogP contribution >= 0.6 is 0 Å². The van der Waals surface area contributed by atoms with Crippen molar-refractivity contribution in [2.45, 2.75) is 0 Å². The summed E-state index contributed by atoms with van der Waals surface area (Å²) in [7, 11) is 0. The summed E-state index contributed by atoms with van der Waals surface area (Å²) < 4.78 is 31.7. The Kier molecular flexibility index (Phi) is 18.6. The van der Waals surface area contributed by atoms with Gasteiger partial charge in [0.2, 0.25) is 0 Å². The molecule has 0 saturated carbocycles. The molecule has 0 fully saturated rings.